The van der Waals surface area contributed by atoms with Crippen LogP contribution in [0.3, 0.4) is 0 Å². The number of benzene rings is 1. The highest BCUT2D eigenvalue weighted by Gasteiger charge is 2.19. The van der Waals surface area contributed by atoms with Crippen molar-refractivity contribution in [3.05, 3.63) is 46.1 Å². The molecule has 0 unspecified atom stereocenters. The Bertz CT molecular complexity index is 669. The van der Waals surface area contributed by atoms with Crippen LogP contribution in [0.1, 0.15) is 32.2 Å². The van der Waals surface area contributed by atoms with Crippen LogP contribution < -0.4 is 0 Å². The Kier molecular flexibility index (Phi) is 3.54. The molecule has 1 N–H and O–H groups in total. The second-order valence-corrected chi connectivity index (χ2v) is 6.01. The maximum absolute atomic E-state index is 13.9. The zero-order valence-electron chi connectivity index (χ0n) is 11.5. The van der Waals surface area contributed by atoms with E-state index in [2.05, 4.69) is 9.97 Å². The van der Waals surface area contributed by atoms with E-state index in [-0.39, 0.29) is 11.2 Å². The third-order valence-corrected chi connectivity index (χ3v) is 3.40. The van der Waals surface area contributed by atoms with Crippen LogP contribution in [0, 0.1) is 17.4 Å². The molecule has 0 bridgehead atoms. The molecular formula is C15H17FN2S. The number of nitrogens with one attached hydrogen (secondary N) is 1. The van der Waals surface area contributed by atoms with Gasteiger partial charge in [0.15, 0.2) is 0 Å². The molecular weight excluding hydrogens is 259 g/mol. The number of halogens is 1. The lowest BCUT2D eigenvalue weighted by Gasteiger charge is -2.20. The summed E-state index contributed by atoms with van der Waals surface area (Å²) in [5.74, 6) is 0.503. The van der Waals surface area contributed by atoms with Gasteiger partial charge in [-0.1, -0.05) is 45.1 Å². The smallest absolute Gasteiger partial charge is 0.133 e. The third kappa shape index (κ3) is 2.73. The predicted molar refractivity (Wildman–Crippen MR) is 78.3 cm³/mol. The Labute approximate surface area is 117 Å². The van der Waals surface area contributed by atoms with Gasteiger partial charge in [-0.05, 0) is 19.1 Å². The molecule has 1 aromatic heterocycles. The molecule has 0 spiro atoms. The largest absolute Gasteiger partial charge is 0.342 e. The fourth-order valence-corrected chi connectivity index (χ4v) is 2.01. The van der Waals surface area contributed by atoms with Crippen LogP contribution in [0.15, 0.2) is 24.3 Å². The Morgan fingerprint density at radius 1 is 1.21 bits per heavy atom. The Hall–Kier alpha value is -1.55. The van der Waals surface area contributed by atoms with Gasteiger partial charge in [0.25, 0.3) is 0 Å². The van der Waals surface area contributed by atoms with Crippen molar-refractivity contribution >= 4 is 12.2 Å². The fourth-order valence-electron chi connectivity index (χ4n) is 1.82. The quantitative estimate of drug-likeness (QED) is 0.774. The van der Waals surface area contributed by atoms with Gasteiger partial charge >= 0.3 is 0 Å². The summed E-state index contributed by atoms with van der Waals surface area (Å²) in [7, 11) is 0. The van der Waals surface area contributed by atoms with Gasteiger partial charge in [0, 0.05) is 16.5 Å². The Morgan fingerprint density at radius 2 is 1.84 bits per heavy atom. The molecule has 0 fully saturated rings. The minimum absolute atomic E-state index is 0.165. The summed E-state index contributed by atoms with van der Waals surface area (Å²) in [5, 5.41) is 0. The van der Waals surface area contributed by atoms with Crippen molar-refractivity contribution in [1.29, 1.82) is 0 Å². The van der Waals surface area contributed by atoms with E-state index < -0.39 is 0 Å². The van der Waals surface area contributed by atoms with Crippen LogP contribution >= 0.6 is 12.2 Å². The summed E-state index contributed by atoms with van der Waals surface area (Å²) in [4.78, 5) is 7.63. The second kappa shape index (κ2) is 4.85. The first kappa shape index (κ1) is 13.9. The van der Waals surface area contributed by atoms with E-state index in [1.165, 1.54) is 6.07 Å². The van der Waals surface area contributed by atoms with Gasteiger partial charge < -0.3 is 4.98 Å². The molecule has 2 nitrogen and oxygen atoms in total. The molecule has 0 aliphatic rings. The molecule has 19 heavy (non-hydrogen) atoms. The zero-order valence-corrected chi connectivity index (χ0v) is 12.4. The Morgan fingerprint density at radius 3 is 2.42 bits per heavy atom. The van der Waals surface area contributed by atoms with Gasteiger partial charge in [-0.3, -0.25) is 0 Å². The maximum atomic E-state index is 13.9. The second-order valence-electron chi connectivity index (χ2n) is 5.62. The van der Waals surface area contributed by atoms with Crippen LogP contribution in [0.5, 0.6) is 0 Å². The summed E-state index contributed by atoms with van der Waals surface area (Å²) < 4.78 is 14.5. The summed E-state index contributed by atoms with van der Waals surface area (Å²) in [6, 6.07) is 6.68. The maximum Gasteiger partial charge on any atom is 0.133 e. The summed E-state index contributed by atoms with van der Waals surface area (Å²) in [6.45, 7) is 7.99. The van der Waals surface area contributed by atoms with Crippen LogP contribution in [0.2, 0.25) is 0 Å². The highest BCUT2D eigenvalue weighted by molar-refractivity contribution is 7.71. The van der Waals surface area contributed by atoms with Gasteiger partial charge in [0.1, 0.15) is 16.3 Å². The number of hydrogen-bond donors (Lipinski definition) is 1. The molecule has 0 saturated heterocycles. The van der Waals surface area contributed by atoms with Gasteiger partial charge in [-0.15, -0.1) is 0 Å². The lowest BCUT2D eigenvalue weighted by atomic mass is 9.95. The van der Waals surface area contributed by atoms with Gasteiger partial charge in [-0.25, -0.2) is 9.37 Å². The van der Waals surface area contributed by atoms with Crippen molar-refractivity contribution in [3.63, 3.8) is 0 Å². The van der Waals surface area contributed by atoms with Crippen molar-refractivity contribution in [2.75, 3.05) is 0 Å². The monoisotopic (exact) mass is 276 g/mol. The summed E-state index contributed by atoms with van der Waals surface area (Å²) in [6.07, 6.45) is 0. The first-order valence-electron chi connectivity index (χ1n) is 6.17. The number of H-pyrrole nitrogens is 1. The number of hydrogen-bond acceptors (Lipinski definition) is 2. The topological polar surface area (TPSA) is 28.7 Å². The molecule has 0 aliphatic heterocycles. The molecule has 2 aromatic rings. The predicted octanol–water partition coefficient (Wildman–Crippen LogP) is 4.55. The lowest BCUT2D eigenvalue weighted by molar-refractivity contribution is 0.543. The first-order valence-corrected chi connectivity index (χ1v) is 6.58. The Balaban J connectivity index is 2.74. The molecule has 100 valence electrons. The summed E-state index contributed by atoms with van der Waals surface area (Å²) in [5.41, 5.74) is 1.87. The molecule has 4 heteroatoms. The average molecular weight is 276 g/mol. The van der Waals surface area contributed by atoms with Crippen molar-refractivity contribution in [1.82, 2.24) is 9.97 Å². The van der Waals surface area contributed by atoms with Crippen LogP contribution in [-0.4, -0.2) is 9.97 Å². The van der Waals surface area contributed by atoms with E-state index in [0.29, 0.717) is 15.9 Å². The van der Waals surface area contributed by atoms with Crippen molar-refractivity contribution in [3.8, 4) is 11.3 Å². The average Bonchev–Trinajstić information content (AvgIpc) is 2.32. The van der Waals surface area contributed by atoms with Crippen LogP contribution in [-0.2, 0) is 5.41 Å². The van der Waals surface area contributed by atoms with Crippen molar-refractivity contribution < 1.29 is 4.39 Å². The standard InChI is InChI=1S/C15H17FN2S/c1-9-12(10-7-5-6-8-11(10)16)17-14(15(2,3)4)18-13(9)19/h5-8H,1-4H3,(H,17,18,19). The number of nitrogens with zero attached hydrogens (tertiary/aromatic N) is 1. The number of rotatable bonds is 1. The molecule has 0 radical (unpaired) electrons. The van der Waals surface area contributed by atoms with Crippen LogP contribution in [0.25, 0.3) is 11.3 Å². The van der Waals surface area contributed by atoms with E-state index in [0.717, 1.165) is 11.4 Å². The number of aromatic amines is 1. The van der Waals surface area contributed by atoms with E-state index in [4.69, 9.17) is 12.2 Å². The zero-order chi connectivity index (χ0) is 14.2. The molecule has 0 aliphatic carbocycles. The van der Waals surface area contributed by atoms with E-state index in [1.54, 1.807) is 12.1 Å². The highest BCUT2D eigenvalue weighted by Crippen LogP contribution is 2.27. The van der Waals surface area contributed by atoms with Gasteiger partial charge in [0.05, 0.1) is 5.69 Å². The van der Waals surface area contributed by atoms with E-state index >= 15 is 0 Å². The SMILES string of the molecule is Cc1c(-c2ccccc2F)[nH]c(C(C)(C)C)nc1=S. The van der Waals surface area contributed by atoms with Gasteiger partial charge in [0.2, 0.25) is 0 Å². The minimum Gasteiger partial charge on any atom is -0.342 e. The normalized spacial score (nSPS) is 11.6. The summed E-state index contributed by atoms with van der Waals surface area (Å²) >= 11 is 5.29. The lowest BCUT2D eigenvalue weighted by Crippen LogP contribution is -2.17. The van der Waals surface area contributed by atoms with Crippen molar-refractivity contribution in [2.24, 2.45) is 0 Å². The molecule has 0 atom stereocenters. The van der Waals surface area contributed by atoms with Gasteiger partial charge in [-0.2, -0.15) is 0 Å². The molecule has 1 aromatic carbocycles. The fraction of sp³-hybridized carbons (Fsp3) is 0.333. The van der Waals surface area contributed by atoms with Crippen molar-refractivity contribution in [2.45, 2.75) is 33.1 Å². The molecule has 0 saturated carbocycles. The first-order chi connectivity index (χ1) is 8.80. The minimum atomic E-state index is -0.262. The molecule has 1 heterocycles. The third-order valence-electron chi connectivity index (χ3n) is 3.01. The molecule has 2 rings (SSSR count). The van der Waals surface area contributed by atoms with Crippen LogP contribution in [0.4, 0.5) is 4.39 Å². The highest BCUT2D eigenvalue weighted by atomic mass is 32.1. The molecule has 0 amide bonds. The van der Waals surface area contributed by atoms with E-state index in [1.807, 2.05) is 33.8 Å². The van der Waals surface area contributed by atoms with E-state index in [9.17, 15) is 4.39 Å². The number of aromatic nitrogens is 2.